The van der Waals surface area contributed by atoms with Crippen LogP contribution in [0.2, 0.25) is 0 Å². The lowest BCUT2D eigenvalue weighted by molar-refractivity contribution is -0.122. The van der Waals surface area contributed by atoms with E-state index >= 15 is 0 Å². The first kappa shape index (κ1) is 16.0. The van der Waals surface area contributed by atoms with Crippen molar-refractivity contribution >= 4 is 44.9 Å². The van der Waals surface area contributed by atoms with Crippen molar-refractivity contribution in [1.82, 2.24) is 4.98 Å². The van der Waals surface area contributed by atoms with Gasteiger partial charge in [-0.05, 0) is 47.8 Å². The number of pyridine rings is 1. The van der Waals surface area contributed by atoms with E-state index in [1.165, 1.54) is 0 Å². The maximum absolute atomic E-state index is 12.4. The van der Waals surface area contributed by atoms with Crippen molar-refractivity contribution in [3.05, 3.63) is 22.3 Å². The van der Waals surface area contributed by atoms with E-state index in [0.717, 1.165) is 10.2 Å². The third-order valence-electron chi connectivity index (χ3n) is 3.38. The number of anilines is 1. The van der Waals surface area contributed by atoms with Gasteiger partial charge < -0.3 is 11.1 Å². The molecule has 1 aromatic rings. The van der Waals surface area contributed by atoms with Gasteiger partial charge in [-0.15, -0.1) is 0 Å². The Morgan fingerprint density at radius 2 is 2.05 bits per heavy atom. The number of nitrogens with one attached hydrogen (secondary N) is 1. The SMILES string of the molecule is CCC(CC)(C(=O)Nc1ccc(Br)c(C)n1)C(N)=S. The molecule has 1 heterocycles. The highest BCUT2D eigenvalue weighted by atomic mass is 79.9. The Morgan fingerprint density at radius 3 is 2.47 bits per heavy atom. The summed E-state index contributed by atoms with van der Waals surface area (Å²) in [5.74, 6) is 0.312. The first-order valence-corrected chi connectivity index (χ1v) is 7.32. The number of hydrogen-bond acceptors (Lipinski definition) is 3. The van der Waals surface area contributed by atoms with Crippen LogP contribution in [0.4, 0.5) is 5.82 Å². The number of amides is 1. The van der Waals surface area contributed by atoms with E-state index in [-0.39, 0.29) is 10.9 Å². The van der Waals surface area contributed by atoms with Gasteiger partial charge in [-0.1, -0.05) is 26.1 Å². The zero-order chi connectivity index (χ0) is 14.6. The molecule has 0 spiro atoms. The van der Waals surface area contributed by atoms with Gasteiger partial charge in [0.15, 0.2) is 0 Å². The first-order valence-electron chi connectivity index (χ1n) is 6.12. The van der Waals surface area contributed by atoms with Crippen LogP contribution in [0.5, 0.6) is 0 Å². The predicted octanol–water partition coefficient (Wildman–Crippen LogP) is 3.18. The average Bonchev–Trinajstić information content (AvgIpc) is 2.35. The van der Waals surface area contributed by atoms with Crippen molar-refractivity contribution in [2.24, 2.45) is 11.1 Å². The fourth-order valence-corrected chi connectivity index (χ4v) is 2.48. The number of thiocarbonyl (C=S) groups is 1. The van der Waals surface area contributed by atoms with Crippen molar-refractivity contribution in [1.29, 1.82) is 0 Å². The minimum atomic E-state index is -0.808. The normalized spacial score (nSPS) is 11.2. The van der Waals surface area contributed by atoms with Crippen molar-refractivity contribution in [2.75, 3.05) is 5.32 Å². The number of aromatic nitrogens is 1. The van der Waals surface area contributed by atoms with Gasteiger partial charge in [0.2, 0.25) is 5.91 Å². The summed E-state index contributed by atoms with van der Waals surface area (Å²) in [5.41, 5.74) is 5.75. The van der Waals surface area contributed by atoms with Gasteiger partial charge in [0.05, 0.1) is 16.1 Å². The third kappa shape index (κ3) is 3.30. The van der Waals surface area contributed by atoms with Gasteiger partial charge >= 0.3 is 0 Å². The van der Waals surface area contributed by atoms with Crippen LogP contribution in [0, 0.1) is 12.3 Å². The van der Waals surface area contributed by atoms with Crippen molar-refractivity contribution in [3.63, 3.8) is 0 Å². The zero-order valence-electron chi connectivity index (χ0n) is 11.3. The molecule has 0 aliphatic carbocycles. The Labute approximate surface area is 127 Å². The second kappa shape index (κ2) is 6.43. The lowest BCUT2D eigenvalue weighted by Crippen LogP contribution is -2.45. The maximum atomic E-state index is 12.4. The standard InChI is InChI=1S/C13H18BrN3OS/c1-4-13(5-2,11(15)19)12(18)17-10-7-6-9(14)8(3)16-10/h6-7H,4-5H2,1-3H3,(H2,15,19)(H,16,17,18). The molecule has 1 aromatic heterocycles. The van der Waals surface area contributed by atoms with Gasteiger partial charge in [-0.25, -0.2) is 4.98 Å². The smallest absolute Gasteiger partial charge is 0.238 e. The molecule has 0 aromatic carbocycles. The lowest BCUT2D eigenvalue weighted by Gasteiger charge is -2.28. The van der Waals surface area contributed by atoms with Crippen LogP contribution in [0.25, 0.3) is 0 Å². The molecule has 0 atom stereocenters. The van der Waals surface area contributed by atoms with Crippen LogP contribution in [0.3, 0.4) is 0 Å². The van der Waals surface area contributed by atoms with Crippen LogP contribution < -0.4 is 11.1 Å². The third-order valence-corrected chi connectivity index (χ3v) is 4.61. The zero-order valence-corrected chi connectivity index (χ0v) is 13.7. The van der Waals surface area contributed by atoms with E-state index in [0.29, 0.717) is 18.7 Å². The fourth-order valence-electron chi connectivity index (χ4n) is 1.88. The number of halogens is 1. The van der Waals surface area contributed by atoms with Crippen LogP contribution in [-0.2, 0) is 4.79 Å². The summed E-state index contributed by atoms with van der Waals surface area (Å²) in [6.45, 7) is 5.67. The van der Waals surface area contributed by atoms with E-state index in [4.69, 9.17) is 18.0 Å². The highest BCUT2D eigenvalue weighted by molar-refractivity contribution is 9.10. The summed E-state index contributed by atoms with van der Waals surface area (Å²) in [5, 5.41) is 2.80. The monoisotopic (exact) mass is 343 g/mol. The van der Waals surface area contributed by atoms with Crippen molar-refractivity contribution in [3.8, 4) is 0 Å². The van der Waals surface area contributed by atoms with Gasteiger partial charge in [0, 0.05) is 4.47 Å². The molecular formula is C13H18BrN3OS. The Kier molecular flexibility index (Phi) is 5.43. The molecular weight excluding hydrogens is 326 g/mol. The minimum Gasteiger partial charge on any atom is -0.392 e. The number of aryl methyl sites for hydroxylation is 1. The van der Waals surface area contributed by atoms with E-state index in [1.807, 2.05) is 26.8 Å². The molecule has 104 valence electrons. The van der Waals surface area contributed by atoms with E-state index in [9.17, 15) is 4.79 Å². The first-order chi connectivity index (χ1) is 8.87. The Hall–Kier alpha value is -1.01. The minimum absolute atomic E-state index is 0.195. The van der Waals surface area contributed by atoms with E-state index in [1.54, 1.807) is 6.07 Å². The summed E-state index contributed by atoms with van der Waals surface area (Å²) in [6.07, 6.45) is 1.14. The highest BCUT2D eigenvalue weighted by Crippen LogP contribution is 2.29. The molecule has 0 bridgehead atoms. The molecule has 0 saturated heterocycles. The van der Waals surface area contributed by atoms with Gasteiger partial charge in [0.1, 0.15) is 5.82 Å². The Balaban J connectivity index is 3.00. The van der Waals surface area contributed by atoms with Crippen LogP contribution in [-0.4, -0.2) is 15.9 Å². The predicted molar refractivity (Wildman–Crippen MR) is 85.1 cm³/mol. The number of hydrogen-bond donors (Lipinski definition) is 2. The van der Waals surface area contributed by atoms with Gasteiger partial charge in [0.25, 0.3) is 0 Å². The summed E-state index contributed by atoms with van der Waals surface area (Å²) >= 11 is 8.43. The molecule has 1 amide bonds. The van der Waals surface area contributed by atoms with Crippen LogP contribution in [0.1, 0.15) is 32.4 Å². The molecule has 1 rings (SSSR count). The number of carbonyl (C=O) groups is 1. The molecule has 0 radical (unpaired) electrons. The second-order valence-corrected chi connectivity index (χ2v) is 5.67. The molecule has 4 nitrogen and oxygen atoms in total. The Bertz CT molecular complexity index is 501. The molecule has 19 heavy (non-hydrogen) atoms. The van der Waals surface area contributed by atoms with Crippen LogP contribution in [0.15, 0.2) is 16.6 Å². The van der Waals surface area contributed by atoms with Gasteiger partial charge in [-0.3, -0.25) is 4.79 Å². The average molecular weight is 344 g/mol. The van der Waals surface area contributed by atoms with E-state index in [2.05, 4.69) is 26.2 Å². The molecule has 0 aliphatic rings. The van der Waals surface area contributed by atoms with Gasteiger partial charge in [-0.2, -0.15) is 0 Å². The molecule has 6 heteroatoms. The van der Waals surface area contributed by atoms with Crippen molar-refractivity contribution in [2.45, 2.75) is 33.6 Å². The Morgan fingerprint density at radius 1 is 1.47 bits per heavy atom. The molecule has 0 fully saturated rings. The highest BCUT2D eigenvalue weighted by Gasteiger charge is 2.38. The second-order valence-electron chi connectivity index (χ2n) is 4.37. The van der Waals surface area contributed by atoms with E-state index < -0.39 is 5.41 Å². The number of nitrogens with two attached hydrogens (primary N) is 1. The molecule has 0 unspecified atom stereocenters. The fraction of sp³-hybridized carbons (Fsp3) is 0.462. The number of rotatable bonds is 5. The topological polar surface area (TPSA) is 68.0 Å². The summed E-state index contributed by atoms with van der Waals surface area (Å²) in [4.78, 5) is 16.9. The number of carbonyl (C=O) groups excluding carboxylic acids is 1. The molecule has 0 aliphatic heterocycles. The molecule has 0 saturated carbocycles. The maximum Gasteiger partial charge on any atom is 0.238 e. The largest absolute Gasteiger partial charge is 0.392 e. The van der Waals surface area contributed by atoms with Crippen LogP contribution >= 0.6 is 28.1 Å². The summed E-state index contributed by atoms with van der Waals surface area (Å²) in [7, 11) is 0. The molecule has 3 N–H and O–H groups in total. The summed E-state index contributed by atoms with van der Waals surface area (Å²) < 4.78 is 0.900. The number of nitrogens with zero attached hydrogens (tertiary/aromatic N) is 1. The summed E-state index contributed by atoms with van der Waals surface area (Å²) in [6, 6.07) is 3.59. The quantitative estimate of drug-likeness (QED) is 0.805. The lowest BCUT2D eigenvalue weighted by atomic mass is 9.81. The van der Waals surface area contributed by atoms with Crippen molar-refractivity contribution < 1.29 is 4.79 Å².